The first-order valence-electron chi connectivity index (χ1n) is 12.9. The van der Waals surface area contributed by atoms with E-state index in [0.717, 1.165) is 54.5 Å². The van der Waals surface area contributed by atoms with Crippen molar-refractivity contribution in [3.8, 4) is 0 Å². The van der Waals surface area contributed by atoms with E-state index in [-0.39, 0.29) is 24.2 Å². The Bertz CT molecular complexity index is 1180. The van der Waals surface area contributed by atoms with Gasteiger partial charge in [-0.1, -0.05) is 63.4 Å². The van der Waals surface area contributed by atoms with Gasteiger partial charge >= 0.3 is 6.03 Å². The van der Waals surface area contributed by atoms with Crippen LogP contribution in [-0.2, 0) is 9.59 Å². The molecule has 2 N–H and O–H groups in total. The Morgan fingerprint density at radius 2 is 1.78 bits per heavy atom. The van der Waals surface area contributed by atoms with Crippen molar-refractivity contribution in [1.29, 1.82) is 0 Å². The van der Waals surface area contributed by atoms with E-state index in [1.165, 1.54) is 0 Å². The summed E-state index contributed by atoms with van der Waals surface area (Å²) in [6.45, 7) is 7.91. The number of amides is 3. The Hall–Kier alpha value is -3.48. The number of carbonyl (C=O) groups excluding carboxylic acids is 3. The minimum atomic E-state index is -1.14. The van der Waals surface area contributed by atoms with Gasteiger partial charge in [0.1, 0.15) is 0 Å². The molecule has 0 aromatic heterocycles. The van der Waals surface area contributed by atoms with Gasteiger partial charge in [0.05, 0.1) is 12.2 Å². The number of urea groups is 1. The molecule has 1 fully saturated rings. The van der Waals surface area contributed by atoms with Crippen LogP contribution in [0.15, 0.2) is 47.5 Å². The fraction of sp³-hybridized carbons (Fsp3) is 0.448. The number of para-hydroxylation sites is 1. The molecule has 0 radical (unpaired) electrons. The number of nitrogens with zero attached hydrogens (tertiary/aromatic N) is 2. The van der Waals surface area contributed by atoms with Gasteiger partial charge < -0.3 is 15.5 Å². The zero-order chi connectivity index (χ0) is 25.8. The monoisotopic (exact) mass is 488 g/mol. The number of hydrogen-bond acceptors (Lipinski definition) is 4. The molecule has 190 valence electrons. The Balaban J connectivity index is 1.67. The van der Waals surface area contributed by atoms with Crippen molar-refractivity contribution in [2.75, 3.05) is 16.8 Å². The molecule has 4 rings (SSSR count). The Morgan fingerprint density at radius 3 is 2.47 bits per heavy atom. The molecule has 1 atom stereocenters. The lowest BCUT2D eigenvalue weighted by Gasteiger charge is -2.29. The molecule has 0 bridgehead atoms. The molecule has 2 aromatic carbocycles. The normalized spacial score (nSPS) is 18.4. The van der Waals surface area contributed by atoms with Crippen LogP contribution in [0.2, 0.25) is 0 Å². The lowest BCUT2D eigenvalue weighted by Crippen LogP contribution is -2.50. The molecule has 1 aliphatic carbocycles. The number of benzene rings is 2. The third-order valence-electron chi connectivity index (χ3n) is 7.02. The van der Waals surface area contributed by atoms with Crippen molar-refractivity contribution >= 4 is 34.8 Å². The zero-order valence-corrected chi connectivity index (χ0v) is 21.6. The number of aryl methyl sites for hydroxylation is 2. The lowest BCUT2D eigenvalue weighted by molar-refractivity contribution is -0.126. The number of anilines is 2. The molecule has 1 heterocycles. The van der Waals surface area contributed by atoms with E-state index < -0.39 is 18.1 Å². The molecule has 0 spiro atoms. The summed E-state index contributed by atoms with van der Waals surface area (Å²) in [5.41, 5.74) is 4.81. The van der Waals surface area contributed by atoms with Crippen LogP contribution in [0.1, 0.15) is 62.6 Å². The SMILES string of the molecule is Cc1cccc(NC(=O)NC2N=C(C(C)C)c3cccc(C)c3N(CC(=O)C3CCCCC3)C2=O)c1. The summed E-state index contributed by atoms with van der Waals surface area (Å²) in [7, 11) is 0. The fourth-order valence-electron chi connectivity index (χ4n) is 5.18. The van der Waals surface area contributed by atoms with Crippen molar-refractivity contribution in [3.05, 3.63) is 59.2 Å². The van der Waals surface area contributed by atoms with Crippen molar-refractivity contribution in [1.82, 2.24) is 5.32 Å². The van der Waals surface area contributed by atoms with Gasteiger partial charge in [-0.2, -0.15) is 0 Å². The molecule has 2 aliphatic rings. The van der Waals surface area contributed by atoms with E-state index in [1.54, 1.807) is 11.0 Å². The maximum absolute atomic E-state index is 13.9. The molecule has 2 aromatic rings. The van der Waals surface area contributed by atoms with Gasteiger partial charge in [-0.05, 0) is 55.9 Å². The first-order chi connectivity index (χ1) is 17.2. The molecule has 1 aliphatic heterocycles. The maximum Gasteiger partial charge on any atom is 0.321 e. The van der Waals surface area contributed by atoms with Gasteiger partial charge in [-0.3, -0.25) is 14.6 Å². The largest absolute Gasteiger partial charge is 0.321 e. The average Bonchev–Trinajstić information content (AvgIpc) is 2.95. The summed E-state index contributed by atoms with van der Waals surface area (Å²) in [4.78, 5) is 46.5. The predicted octanol–water partition coefficient (Wildman–Crippen LogP) is 5.39. The predicted molar refractivity (Wildman–Crippen MR) is 144 cm³/mol. The Labute approximate surface area is 213 Å². The third-order valence-corrected chi connectivity index (χ3v) is 7.02. The second-order valence-corrected chi connectivity index (χ2v) is 10.2. The second kappa shape index (κ2) is 11.1. The highest BCUT2D eigenvalue weighted by Crippen LogP contribution is 2.33. The van der Waals surface area contributed by atoms with Crippen LogP contribution in [0.25, 0.3) is 0 Å². The van der Waals surface area contributed by atoms with Crippen LogP contribution >= 0.6 is 0 Å². The van der Waals surface area contributed by atoms with Crippen LogP contribution in [-0.4, -0.2) is 36.1 Å². The van der Waals surface area contributed by atoms with E-state index in [9.17, 15) is 14.4 Å². The Morgan fingerprint density at radius 1 is 1.06 bits per heavy atom. The summed E-state index contributed by atoms with van der Waals surface area (Å²) in [6, 6.07) is 12.8. The Kier molecular flexibility index (Phi) is 7.87. The maximum atomic E-state index is 13.9. The van der Waals surface area contributed by atoms with E-state index in [0.29, 0.717) is 11.4 Å². The highest BCUT2D eigenvalue weighted by molar-refractivity contribution is 6.16. The van der Waals surface area contributed by atoms with Gasteiger partial charge in [-0.25, -0.2) is 4.79 Å². The van der Waals surface area contributed by atoms with Crippen LogP contribution in [0.3, 0.4) is 0 Å². The second-order valence-electron chi connectivity index (χ2n) is 10.2. The third kappa shape index (κ3) is 5.66. The molecule has 0 saturated heterocycles. The summed E-state index contributed by atoms with van der Waals surface area (Å²) < 4.78 is 0. The highest BCUT2D eigenvalue weighted by atomic mass is 16.2. The number of fused-ring (bicyclic) bond motifs is 1. The standard InChI is InChI=1S/C29H36N4O3/c1-18(2)25-23-15-9-11-20(4)26(23)33(17-24(34)21-12-6-5-7-13-21)28(35)27(31-25)32-29(36)30-22-14-8-10-19(3)16-22/h8-11,14-16,18,21,27H,5-7,12-13,17H2,1-4H3,(H2,30,32,36). The molecule has 3 amide bonds. The summed E-state index contributed by atoms with van der Waals surface area (Å²) in [6.07, 6.45) is 3.85. The zero-order valence-electron chi connectivity index (χ0n) is 21.6. The number of rotatable bonds is 6. The molecule has 7 nitrogen and oxygen atoms in total. The number of ketones is 1. The minimum Gasteiger partial charge on any atom is -0.308 e. The molecule has 7 heteroatoms. The number of hydrogen-bond donors (Lipinski definition) is 2. The molecular formula is C29H36N4O3. The van der Waals surface area contributed by atoms with Crippen molar-refractivity contribution in [2.24, 2.45) is 16.8 Å². The molecular weight excluding hydrogens is 452 g/mol. The smallest absolute Gasteiger partial charge is 0.308 e. The fourth-order valence-corrected chi connectivity index (χ4v) is 5.18. The average molecular weight is 489 g/mol. The number of Topliss-reactive ketones (excluding diaryl/α,β-unsaturated/α-hetero) is 1. The van der Waals surface area contributed by atoms with Gasteiger partial charge in [0.15, 0.2) is 5.78 Å². The van der Waals surface area contributed by atoms with E-state index >= 15 is 0 Å². The molecule has 1 unspecified atom stereocenters. The number of nitrogens with one attached hydrogen (secondary N) is 2. The van der Waals surface area contributed by atoms with E-state index in [1.807, 2.05) is 64.1 Å². The van der Waals surface area contributed by atoms with Gasteiger partial charge in [0, 0.05) is 22.9 Å². The van der Waals surface area contributed by atoms with Gasteiger partial charge in [0.2, 0.25) is 6.17 Å². The molecule has 1 saturated carbocycles. The topological polar surface area (TPSA) is 90.9 Å². The number of carbonyl (C=O) groups is 3. The van der Waals surface area contributed by atoms with Crippen LogP contribution in [0.4, 0.5) is 16.2 Å². The van der Waals surface area contributed by atoms with Crippen molar-refractivity contribution < 1.29 is 14.4 Å². The van der Waals surface area contributed by atoms with Gasteiger partial charge in [-0.15, -0.1) is 0 Å². The number of benzodiazepines with no additional fused rings is 1. The van der Waals surface area contributed by atoms with Crippen LogP contribution in [0.5, 0.6) is 0 Å². The van der Waals surface area contributed by atoms with Crippen molar-refractivity contribution in [2.45, 2.75) is 66.0 Å². The van der Waals surface area contributed by atoms with E-state index in [2.05, 4.69) is 10.6 Å². The first kappa shape index (κ1) is 25.6. The minimum absolute atomic E-state index is 0.0106. The summed E-state index contributed by atoms with van der Waals surface area (Å²) in [5.74, 6) is -0.335. The highest BCUT2D eigenvalue weighted by Gasteiger charge is 2.36. The quantitative estimate of drug-likeness (QED) is 0.571. The van der Waals surface area contributed by atoms with Gasteiger partial charge in [0.25, 0.3) is 5.91 Å². The number of aliphatic imine (C=N–C) groups is 1. The van der Waals surface area contributed by atoms with E-state index in [4.69, 9.17) is 4.99 Å². The summed E-state index contributed by atoms with van der Waals surface area (Å²) >= 11 is 0. The van der Waals surface area contributed by atoms with Crippen molar-refractivity contribution in [3.63, 3.8) is 0 Å². The lowest BCUT2D eigenvalue weighted by atomic mass is 9.86. The van der Waals surface area contributed by atoms with Crippen LogP contribution in [0, 0.1) is 25.7 Å². The summed E-state index contributed by atoms with van der Waals surface area (Å²) in [5, 5.41) is 5.56. The van der Waals surface area contributed by atoms with Crippen LogP contribution < -0.4 is 15.5 Å². The first-order valence-corrected chi connectivity index (χ1v) is 12.9. The molecule has 36 heavy (non-hydrogen) atoms.